The zero-order valence-corrected chi connectivity index (χ0v) is 19.1. The Morgan fingerprint density at radius 1 is 0.879 bits per heavy atom. The van der Waals surface area contributed by atoms with Crippen LogP contribution in [0.25, 0.3) is 5.69 Å². The van der Waals surface area contributed by atoms with Crippen LogP contribution in [0.3, 0.4) is 0 Å². The normalized spacial score (nSPS) is 15.9. The molecule has 1 aliphatic rings. The fourth-order valence-corrected chi connectivity index (χ4v) is 5.99. The van der Waals surface area contributed by atoms with Crippen LogP contribution < -0.4 is 4.72 Å². The van der Waals surface area contributed by atoms with Gasteiger partial charge in [0.2, 0.25) is 0 Å². The lowest BCUT2D eigenvalue weighted by Gasteiger charge is -2.26. The summed E-state index contributed by atoms with van der Waals surface area (Å²) in [5, 5.41) is 0. The Balaban J connectivity index is 1.67. The topological polar surface area (TPSA) is 106 Å². The van der Waals surface area contributed by atoms with Crippen LogP contribution in [0.2, 0.25) is 0 Å². The number of aromatic nitrogens is 1. The molecule has 1 fully saturated rings. The summed E-state index contributed by atoms with van der Waals surface area (Å²) in [6.45, 7) is -0.393. The predicted octanol–water partition coefficient (Wildman–Crippen LogP) is 1.58. The molecule has 2 heterocycles. The van der Waals surface area contributed by atoms with E-state index in [1.165, 1.54) is 6.07 Å². The van der Waals surface area contributed by atoms with Crippen molar-refractivity contribution in [3.63, 3.8) is 0 Å². The molecule has 1 aliphatic heterocycles. The molecule has 0 saturated carbocycles. The average Bonchev–Trinajstić information content (AvgIpc) is 3.32. The SMILES string of the molecule is O=C(NS(=O)(=O)N1CCS(=O)(=O)CC1)c1cccc(C#Cc2ccccc2)c1-n1cccc1. The zero-order valence-electron chi connectivity index (χ0n) is 17.5. The molecule has 1 saturated heterocycles. The number of para-hydroxylation sites is 1. The van der Waals surface area contributed by atoms with E-state index in [-0.39, 0.29) is 30.2 Å². The summed E-state index contributed by atoms with van der Waals surface area (Å²) in [4.78, 5) is 13.1. The van der Waals surface area contributed by atoms with Crippen LogP contribution in [0.5, 0.6) is 0 Å². The second-order valence-electron chi connectivity index (χ2n) is 7.40. The largest absolute Gasteiger partial charge is 0.322 e. The summed E-state index contributed by atoms with van der Waals surface area (Å²) in [6.07, 6.45) is 3.48. The number of hydrogen-bond donors (Lipinski definition) is 1. The summed E-state index contributed by atoms with van der Waals surface area (Å²) in [7, 11) is -7.48. The molecule has 0 radical (unpaired) electrons. The van der Waals surface area contributed by atoms with E-state index in [0.29, 0.717) is 11.3 Å². The summed E-state index contributed by atoms with van der Waals surface area (Å²) < 4.78 is 53.5. The zero-order chi connectivity index (χ0) is 23.5. The van der Waals surface area contributed by atoms with Gasteiger partial charge in [-0.1, -0.05) is 36.1 Å². The van der Waals surface area contributed by atoms with Gasteiger partial charge in [-0.3, -0.25) is 4.79 Å². The third-order valence-corrected chi connectivity index (χ3v) is 8.22. The van der Waals surface area contributed by atoms with Crippen molar-refractivity contribution in [1.82, 2.24) is 13.6 Å². The van der Waals surface area contributed by atoms with E-state index in [0.717, 1.165) is 9.87 Å². The van der Waals surface area contributed by atoms with Crippen molar-refractivity contribution < 1.29 is 21.6 Å². The molecule has 3 aromatic rings. The molecule has 0 spiro atoms. The Morgan fingerprint density at radius 3 is 2.21 bits per heavy atom. The Labute approximate surface area is 193 Å². The highest BCUT2D eigenvalue weighted by atomic mass is 32.2. The maximum Gasteiger partial charge on any atom is 0.304 e. The lowest BCUT2D eigenvalue weighted by Crippen LogP contribution is -2.50. The van der Waals surface area contributed by atoms with E-state index >= 15 is 0 Å². The van der Waals surface area contributed by atoms with Crippen molar-refractivity contribution in [2.24, 2.45) is 0 Å². The summed E-state index contributed by atoms with van der Waals surface area (Å²) in [6, 6.07) is 17.8. The molecular formula is C23H21N3O5S2. The van der Waals surface area contributed by atoms with Crippen LogP contribution in [0.15, 0.2) is 73.1 Å². The number of nitrogens with zero attached hydrogens (tertiary/aromatic N) is 2. The average molecular weight is 484 g/mol. The van der Waals surface area contributed by atoms with Gasteiger partial charge in [-0.15, -0.1) is 0 Å². The first-order valence-corrected chi connectivity index (χ1v) is 13.4. The van der Waals surface area contributed by atoms with Crippen molar-refractivity contribution in [1.29, 1.82) is 0 Å². The Hall–Kier alpha value is -3.39. The molecule has 1 amide bonds. The van der Waals surface area contributed by atoms with Gasteiger partial charge in [-0.05, 0) is 36.4 Å². The fraction of sp³-hybridized carbons (Fsp3) is 0.174. The molecule has 1 N–H and O–H groups in total. The first kappa shape index (κ1) is 22.8. The molecule has 4 rings (SSSR count). The third kappa shape index (κ3) is 5.34. The van der Waals surface area contributed by atoms with Crippen molar-refractivity contribution in [3.05, 3.63) is 89.7 Å². The highest BCUT2D eigenvalue weighted by Crippen LogP contribution is 2.21. The Kier molecular flexibility index (Phi) is 6.37. The highest BCUT2D eigenvalue weighted by molar-refractivity contribution is 7.92. The molecule has 0 bridgehead atoms. The van der Waals surface area contributed by atoms with Gasteiger partial charge >= 0.3 is 10.2 Å². The maximum atomic E-state index is 13.1. The van der Waals surface area contributed by atoms with E-state index in [4.69, 9.17) is 0 Å². The van der Waals surface area contributed by atoms with E-state index < -0.39 is 26.0 Å². The first-order chi connectivity index (χ1) is 15.8. The number of rotatable bonds is 4. The number of carbonyl (C=O) groups is 1. The van der Waals surface area contributed by atoms with Crippen LogP contribution in [0.1, 0.15) is 21.5 Å². The molecule has 0 aliphatic carbocycles. The number of carbonyl (C=O) groups excluding carboxylic acids is 1. The van der Waals surface area contributed by atoms with E-state index in [2.05, 4.69) is 16.6 Å². The molecule has 33 heavy (non-hydrogen) atoms. The highest BCUT2D eigenvalue weighted by Gasteiger charge is 2.32. The van der Waals surface area contributed by atoms with Crippen molar-refractivity contribution in [2.75, 3.05) is 24.6 Å². The minimum absolute atomic E-state index is 0.124. The Morgan fingerprint density at radius 2 is 1.55 bits per heavy atom. The standard InChI is InChI=1S/C23H21N3O5S2/c27-23(24-33(30,31)26-15-17-32(28,29)18-16-26)21-10-6-9-20(22(21)25-13-4-5-14-25)12-11-19-7-2-1-3-8-19/h1-10,13-14H,15-18H2,(H,24,27). The quantitative estimate of drug-likeness (QED) is 0.568. The van der Waals surface area contributed by atoms with Gasteiger partial charge in [0, 0.05) is 36.6 Å². The van der Waals surface area contributed by atoms with E-state index in [1.54, 1.807) is 41.2 Å². The molecule has 8 nitrogen and oxygen atoms in total. The first-order valence-electron chi connectivity index (χ1n) is 10.1. The van der Waals surface area contributed by atoms with E-state index in [1.807, 2.05) is 30.3 Å². The summed E-state index contributed by atoms with van der Waals surface area (Å²) >= 11 is 0. The number of hydrogen-bond acceptors (Lipinski definition) is 5. The lowest BCUT2D eigenvalue weighted by molar-refractivity contribution is 0.0979. The number of nitrogens with one attached hydrogen (secondary N) is 1. The minimum atomic E-state index is -4.21. The van der Waals surface area contributed by atoms with Crippen LogP contribution in [0.4, 0.5) is 0 Å². The van der Waals surface area contributed by atoms with Crippen LogP contribution in [-0.4, -0.2) is 56.2 Å². The van der Waals surface area contributed by atoms with Gasteiger partial charge in [0.05, 0.1) is 22.8 Å². The lowest BCUT2D eigenvalue weighted by atomic mass is 10.1. The molecule has 10 heteroatoms. The number of benzene rings is 2. The maximum absolute atomic E-state index is 13.1. The van der Waals surface area contributed by atoms with Gasteiger partial charge in [0.1, 0.15) is 0 Å². The molecule has 1 aromatic heterocycles. The number of amides is 1. The molecule has 2 aromatic carbocycles. The summed E-state index contributed by atoms with van der Waals surface area (Å²) in [5.41, 5.74) is 1.91. The molecule has 0 atom stereocenters. The predicted molar refractivity (Wildman–Crippen MR) is 125 cm³/mol. The Bertz CT molecular complexity index is 1420. The van der Waals surface area contributed by atoms with Gasteiger partial charge in [-0.25, -0.2) is 13.1 Å². The van der Waals surface area contributed by atoms with Gasteiger partial charge in [-0.2, -0.15) is 12.7 Å². The van der Waals surface area contributed by atoms with Gasteiger partial charge in [0.25, 0.3) is 5.91 Å². The minimum Gasteiger partial charge on any atom is -0.322 e. The molecule has 0 unspecified atom stereocenters. The van der Waals surface area contributed by atoms with Crippen molar-refractivity contribution >= 4 is 26.0 Å². The van der Waals surface area contributed by atoms with Crippen molar-refractivity contribution in [2.45, 2.75) is 0 Å². The smallest absolute Gasteiger partial charge is 0.304 e. The summed E-state index contributed by atoms with van der Waals surface area (Å²) in [5.74, 6) is 4.75. The monoisotopic (exact) mass is 483 g/mol. The molecular weight excluding hydrogens is 462 g/mol. The number of sulfone groups is 1. The van der Waals surface area contributed by atoms with Crippen molar-refractivity contribution in [3.8, 4) is 17.5 Å². The molecule has 170 valence electrons. The van der Waals surface area contributed by atoms with Gasteiger partial charge in [0.15, 0.2) is 9.84 Å². The third-order valence-electron chi connectivity index (χ3n) is 5.12. The fourth-order valence-electron chi connectivity index (χ4n) is 3.42. The van der Waals surface area contributed by atoms with Gasteiger partial charge < -0.3 is 4.57 Å². The van der Waals surface area contributed by atoms with Crippen LogP contribution in [-0.2, 0) is 20.0 Å². The second-order valence-corrected chi connectivity index (χ2v) is 11.4. The van der Waals surface area contributed by atoms with Crippen LogP contribution in [0, 0.1) is 11.8 Å². The van der Waals surface area contributed by atoms with Crippen LogP contribution >= 0.6 is 0 Å². The second kappa shape index (κ2) is 9.23. The van der Waals surface area contributed by atoms with E-state index in [9.17, 15) is 21.6 Å².